The molecule has 23 heavy (non-hydrogen) atoms. The average molecular weight is 333 g/mol. The number of nitrogens with zero attached hydrogens (tertiary/aromatic N) is 4. The smallest absolute Gasteiger partial charge is 0.234 e. The van der Waals surface area contributed by atoms with Gasteiger partial charge in [0.25, 0.3) is 0 Å². The number of anilines is 1. The fourth-order valence-corrected chi connectivity index (χ4v) is 2.98. The standard InChI is InChI=1S/C16H23N5OS/c1-11(2)12-8-6-7-9-13(12)17-14(22)10-23-15-18-19-20-21(15)16(3,4)5/h6-9,11H,10H2,1-5H3,(H,17,22). The maximum absolute atomic E-state index is 12.2. The Kier molecular flexibility index (Phi) is 5.41. The van der Waals surface area contributed by atoms with Crippen LogP contribution in [0.25, 0.3) is 0 Å². The molecule has 1 aromatic carbocycles. The van der Waals surface area contributed by atoms with E-state index in [0.29, 0.717) is 11.1 Å². The molecule has 0 aliphatic carbocycles. The third kappa shape index (κ3) is 4.54. The molecule has 0 atom stereocenters. The molecule has 0 spiro atoms. The van der Waals surface area contributed by atoms with E-state index in [2.05, 4.69) is 34.7 Å². The minimum Gasteiger partial charge on any atom is -0.325 e. The number of para-hydroxylation sites is 1. The molecule has 124 valence electrons. The topological polar surface area (TPSA) is 72.7 Å². The van der Waals surface area contributed by atoms with Crippen molar-refractivity contribution >= 4 is 23.4 Å². The summed E-state index contributed by atoms with van der Waals surface area (Å²) in [4.78, 5) is 12.2. The fraction of sp³-hybridized carbons (Fsp3) is 0.500. The van der Waals surface area contributed by atoms with Gasteiger partial charge >= 0.3 is 0 Å². The lowest BCUT2D eigenvalue weighted by atomic mass is 10.0. The van der Waals surface area contributed by atoms with E-state index < -0.39 is 0 Å². The molecule has 1 N–H and O–H groups in total. The number of hydrogen-bond acceptors (Lipinski definition) is 5. The lowest BCUT2D eigenvalue weighted by Crippen LogP contribution is -2.24. The molecule has 0 unspecified atom stereocenters. The van der Waals surface area contributed by atoms with E-state index in [4.69, 9.17) is 0 Å². The Labute approximate surface area is 141 Å². The van der Waals surface area contributed by atoms with Crippen LogP contribution in [0, 0.1) is 0 Å². The zero-order chi connectivity index (χ0) is 17.0. The minimum absolute atomic E-state index is 0.0634. The largest absolute Gasteiger partial charge is 0.325 e. The van der Waals surface area contributed by atoms with Gasteiger partial charge in [-0.25, -0.2) is 4.68 Å². The van der Waals surface area contributed by atoms with Crippen LogP contribution in [0.5, 0.6) is 0 Å². The molecule has 0 aliphatic heterocycles. The third-order valence-corrected chi connectivity index (χ3v) is 4.18. The average Bonchev–Trinajstić information content (AvgIpc) is 2.94. The highest BCUT2D eigenvalue weighted by molar-refractivity contribution is 7.99. The Morgan fingerprint density at radius 2 is 2.00 bits per heavy atom. The summed E-state index contributed by atoms with van der Waals surface area (Å²) in [5.41, 5.74) is 1.78. The Morgan fingerprint density at radius 1 is 1.30 bits per heavy atom. The number of amides is 1. The monoisotopic (exact) mass is 333 g/mol. The van der Waals surface area contributed by atoms with Gasteiger partial charge in [-0.05, 0) is 48.7 Å². The highest BCUT2D eigenvalue weighted by atomic mass is 32.2. The lowest BCUT2D eigenvalue weighted by Gasteiger charge is -2.19. The van der Waals surface area contributed by atoms with E-state index in [-0.39, 0.29) is 17.2 Å². The van der Waals surface area contributed by atoms with Crippen LogP contribution in [0.2, 0.25) is 0 Å². The Balaban J connectivity index is 2.01. The number of thioether (sulfide) groups is 1. The van der Waals surface area contributed by atoms with Gasteiger partial charge in [0, 0.05) is 5.69 Å². The van der Waals surface area contributed by atoms with Crippen molar-refractivity contribution < 1.29 is 4.79 Å². The van der Waals surface area contributed by atoms with E-state index in [0.717, 1.165) is 11.3 Å². The van der Waals surface area contributed by atoms with Crippen molar-refractivity contribution in [1.29, 1.82) is 0 Å². The summed E-state index contributed by atoms with van der Waals surface area (Å²) in [6, 6.07) is 7.87. The SMILES string of the molecule is CC(C)c1ccccc1NC(=O)CSc1nnnn1C(C)(C)C. The van der Waals surface area contributed by atoms with E-state index >= 15 is 0 Å². The predicted octanol–water partition coefficient (Wildman–Crippen LogP) is 3.28. The van der Waals surface area contributed by atoms with Crippen LogP contribution < -0.4 is 5.32 Å². The van der Waals surface area contributed by atoms with Crippen LogP contribution in [-0.2, 0) is 10.3 Å². The number of aromatic nitrogens is 4. The van der Waals surface area contributed by atoms with Crippen LogP contribution in [0.3, 0.4) is 0 Å². The summed E-state index contributed by atoms with van der Waals surface area (Å²) in [5.74, 6) is 0.557. The van der Waals surface area contributed by atoms with Gasteiger partial charge < -0.3 is 5.32 Å². The quantitative estimate of drug-likeness (QED) is 0.850. The summed E-state index contributed by atoms with van der Waals surface area (Å²) in [6.07, 6.45) is 0. The molecule has 0 saturated heterocycles. The van der Waals surface area contributed by atoms with Crippen molar-refractivity contribution in [3.8, 4) is 0 Å². The number of hydrogen-bond donors (Lipinski definition) is 1. The highest BCUT2D eigenvalue weighted by Crippen LogP contribution is 2.25. The number of tetrazole rings is 1. The van der Waals surface area contributed by atoms with Crippen molar-refractivity contribution in [1.82, 2.24) is 20.2 Å². The molecular weight excluding hydrogens is 310 g/mol. The molecule has 7 heteroatoms. The molecule has 1 aromatic heterocycles. The number of carbonyl (C=O) groups excluding carboxylic acids is 1. The molecule has 0 bridgehead atoms. The molecule has 6 nitrogen and oxygen atoms in total. The second kappa shape index (κ2) is 7.12. The van der Waals surface area contributed by atoms with Gasteiger partial charge in [0.2, 0.25) is 11.1 Å². The molecule has 0 aliphatic rings. The summed E-state index contributed by atoms with van der Waals surface area (Å²) >= 11 is 1.34. The summed E-state index contributed by atoms with van der Waals surface area (Å²) in [6.45, 7) is 10.3. The Hall–Kier alpha value is -1.89. The second-order valence-electron chi connectivity index (χ2n) is 6.62. The number of benzene rings is 1. The molecule has 0 saturated carbocycles. The van der Waals surface area contributed by atoms with Crippen LogP contribution >= 0.6 is 11.8 Å². The van der Waals surface area contributed by atoms with Crippen LogP contribution in [0.15, 0.2) is 29.4 Å². The zero-order valence-corrected chi connectivity index (χ0v) is 15.0. The van der Waals surface area contributed by atoms with Crippen molar-refractivity contribution in [3.63, 3.8) is 0 Å². The van der Waals surface area contributed by atoms with E-state index in [1.807, 2.05) is 45.0 Å². The maximum Gasteiger partial charge on any atom is 0.234 e. The zero-order valence-electron chi connectivity index (χ0n) is 14.2. The summed E-state index contributed by atoms with van der Waals surface area (Å²) in [7, 11) is 0. The Bertz CT molecular complexity index is 675. The van der Waals surface area contributed by atoms with Gasteiger partial charge in [-0.1, -0.05) is 43.8 Å². The van der Waals surface area contributed by atoms with Gasteiger partial charge in [-0.2, -0.15) is 0 Å². The lowest BCUT2D eigenvalue weighted by molar-refractivity contribution is -0.113. The summed E-state index contributed by atoms with van der Waals surface area (Å²) in [5, 5.41) is 15.3. The molecule has 1 amide bonds. The molecule has 1 heterocycles. The van der Waals surface area contributed by atoms with Gasteiger partial charge in [-0.15, -0.1) is 5.10 Å². The first kappa shape index (κ1) is 17.5. The fourth-order valence-electron chi connectivity index (χ4n) is 2.12. The molecule has 2 rings (SSSR count). The molecular formula is C16H23N5OS. The third-order valence-electron chi connectivity index (χ3n) is 3.27. The minimum atomic E-state index is -0.216. The normalized spacial score (nSPS) is 11.7. The van der Waals surface area contributed by atoms with Crippen molar-refractivity contribution in [3.05, 3.63) is 29.8 Å². The van der Waals surface area contributed by atoms with Gasteiger partial charge in [0.1, 0.15) is 0 Å². The van der Waals surface area contributed by atoms with Crippen molar-refractivity contribution in [2.75, 3.05) is 11.1 Å². The number of nitrogens with one attached hydrogen (secondary N) is 1. The molecule has 0 fully saturated rings. The van der Waals surface area contributed by atoms with E-state index in [9.17, 15) is 4.79 Å². The molecule has 0 radical (unpaired) electrons. The van der Waals surface area contributed by atoms with E-state index in [1.165, 1.54) is 11.8 Å². The first-order chi connectivity index (χ1) is 10.8. The molecule has 2 aromatic rings. The summed E-state index contributed by atoms with van der Waals surface area (Å²) < 4.78 is 1.73. The van der Waals surface area contributed by atoms with Gasteiger partial charge in [0.15, 0.2) is 0 Å². The van der Waals surface area contributed by atoms with Crippen LogP contribution in [-0.4, -0.2) is 31.9 Å². The van der Waals surface area contributed by atoms with E-state index in [1.54, 1.807) is 4.68 Å². The van der Waals surface area contributed by atoms with Gasteiger partial charge in [0.05, 0.1) is 11.3 Å². The Morgan fingerprint density at radius 3 is 2.65 bits per heavy atom. The van der Waals surface area contributed by atoms with Crippen LogP contribution in [0.1, 0.15) is 46.1 Å². The number of carbonyl (C=O) groups is 1. The van der Waals surface area contributed by atoms with Crippen molar-refractivity contribution in [2.45, 2.75) is 51.2 Å². The number of rotatable bonds is 5. The first-order valence-electron chi connectivity index (χ1n) is 7.59. The maximum atomic E-state index is 12.2. The van der Waals surface area contributed by atoms with Gasteiger partial charge in [-0.3, -0.25) is 4.79 Å². The second-order valence-corrected chi connectivity index (χ2v) is 7.57. The predicted molar refractivity (Wildman–Crippen MR) is 92.7 cm³/mol. The van der Waals surface area contributed by atoms with Crippen LogP contribution in [0.4, 0.5) is 5.69 Å². The van der Waals surface area contributed by atoms with Crippen molar-refractivity contribution in [2.24, 2.45) is 0 Å². The highest BCUT2D eigenvalue weighted by Gasteiger charge is 2.20. The first-order valence-corrected chi connectivity index (χ1v) is 8.58.